The van der Waals surface area contributed by atoms with Gasteiger partial charge < -0.3 is 15.1 Å². The van der Waals surface area contributed by atoms with Crippen LogP contribution in [0.5, 0.6) is 0 Å². The number of likely N-dealkylation sites (tertiary alicyclic amines) is 1. The molecule has 0 unspecified atom stereocenters. The lowest BCUT2D eigenvalue weighted by Gasteiger charge is -2.39. The van der Waals surface area contributed by atoms with Crippen molar-refractivity contribution >= 4 is 23.5 Å². The number of halogens is 2. The molecule has 2 aliphatic carbocycles. The molecular formula is C21H27ClFN3O2. The molecule has 3 aliphatic rings. The van der Waals surface area contributed by atoms with E-state index in [0.717, 1.165) is 50.6 Å². The van der Waals surface area contributed by atoms with Crippen molar-refractivity contribution in [2.45, 2.75) is 64.1 Å². The summed E-state index contributed by atoms with van der Waals surface area (Å²) in [4.78, 5) is 29.2. The molecule has 3 amide bonds. The molecule has 1 saturated heterocycles. The minimum absolute atomic E-state index is 0.0424. The lowest BCUT2D eigenvalue weighted by atomic mass is 10.0. The van der Waals surface area contributed by atoms with Gasteiger partial charge in [0.15, 0.2) is 0 Å². The zero-order valence-corrected chi connectivity index (χ0v) is 17.0. The van der Waals surface area contributed by atoms with Gasteiger partial charge in [-0.1, -0.05) is 11.6 Å². The van der Waals surface area contributed by atoms with Crippen LogP contribution in [0.1, 0.15) is 49.7 Å². The highest BCUT2D eigenvalue weighted by atomic mass is 35.5. The van der Waals surface area contributed by atoms with Crippen LogP contribution >= 0.6 is 11.6 Å². The molecule has 2 saturated carbocycles. The maximum absolute atomic E-state index is 14.1. The number of piperidine rings is 1. The van der Waals surface area contributed by atoms with Gasteiger partial charge in [0.1, 0.15) is 5.82 Å². The second-order valence-electron chi connectivity index (χ2n) is 8.34. The maximum Gasteiger partial charge on any atom is 0.318 e. The van der Waals surface area contributed by atoms with Gasteiger partial charge >= 0.3 is 6.03 Å². The predicted octanol–water partition coefficient (Wildman–Crippen LogP) is 3.86. The molecule has 4 rings (SSSR count). The number of nitrogens with one attached hydrogen (secondary N) is 1. The number of carbonyl (C=O) groups excluding carboxylic acids is 2. The van der Waals surface area contributed by atoms with E-state index < -0.39 is 5.82 Å². The third-order valence-corrected chi connectivity index (χ3v) is 6.37. The molecule has 1 heterocycles. The third kappa shape index (κ3) is 4.27. The van der Waals surface area contributed by atoms with E-state index in [2.05, 4.69) is 5.32 Å². The number of rotatable bonds is 5. The lowest BCUT2D eigenvalue weighted by Crippen LogP contribution is -2.55. The van der Waals surface area contributed by atoms with Crippen LogP contribution in [0, 0.1) is 18.7 Å². The Morgan fingerprint density at radius 3 is 2.64 bits per heavy atom. The molecule has 3 fully saturated rings. The van der Waals surface area contributed by atoms with Gasteiger partial charge in [-0.25, -0.2) is 9.18 Å². The Kier molecular flexibility index (Phi) is 5.50. The Morgan fingerprint density at radius 2 is 1.96 bits per heavy atom. The van der Waals surface area contributed by atoms with Crippen molar-refractivity contribution in [1.82, 2.24) is 15.1 Å². The number of hydrogen-bond donors (Lipinski definition) is 1. The summed E-state index contributed by atoms with van der Waals surface area (Å²) in [5.74, 6) is 0.0466. The molecule has 1 aliphatic heterocycles. The van der Waals surface area contributed by atoms with Crippen molar-refractivity contribution in [3.63, 3.8) is 0 Å². The fourth-order valence-electron chi connectivity index (χ4n) is 4.07. The lowest BCUT2D eigenvalue weighted by molar-refractivity contribution is -0.134. The van der Waals surface area contributed by atoms with Crippen LogP contribution in [0.15, 0.2) is 12.1 Å². The summed E-state index contributed by atoms with van der Waals surface area (Å²) in [6.07, 6.45) is 5.82. The number of amides is 3. The van der Waals surface area contributed by atoms with Gasteiger partial charge in [0.2, 0.25) is 5.91 Å². The maximum atomic E-state index is 14.1. The standard InChI is InChI=1S/C21H27ClFN3O2/c1-13-9-15(19(23)10-18(13)22)11-24-21(28)26(16-6-7-16)17-3-2-8-25(12-17)20(27)14-4-5-14/h9-10,14,16-17H,2-8,11-12H2,1H3,(H,24,28)/t17-/m1/s1. The highest BCUT2D eigenvalue weighted by molar-refractivity contribution is 6.31. The fourth-order valence-corrected chi connectivity index (χ4v) is 4.22. The summed E-state index contributed by atoms with van der Waals surface area (Å²) in [6, 6.07) is 3.08. The highest BCUT2D eigenvalue weighted by Crippen LogP contribution is 2.35. The monoisotopic (exact) mass is 407 g/mol. The topological polar surface area (TPSA) is 52.7 Å². The number of aryl methyl sites for hydroxylation is 1. The van der Waals surface area contributed by atoms with Crippen molar-refractivity contribution in [3.8, 4) is 0 Å². The number of carbonyl (C=O) groups is 2. The van der Waals surface area contributed by atoms with Crippen LogP contribution in [-0.4, -0.2) is 46.9 Å². The Labute approximate surface area is 170 Å². The largest absolute Gasteiger partial charge is 0.340 e. The first-order valence-electron chi connectivity index (χ1n) is 10.2. The number of benzene rings is 1. The first-order chi connectivity index (χ1) is 13.4. The molecule has 152 valence electrons. The van der Waals surface area contributed by atoms with E-state index in [1.807, 2.05) is 16.7 Å². The van der Waals surface area contributed by atoms with Crippen LogP contribution in [0.25, 0.3) is 0 Å². The van der Waals surface area contributed by atoms with E-state index in [9.17, 15) is 14.0 Å². The van der Waals surface area contributed by atoms with Crippen molar-refractivity contribution in [3.05, 3.63) is 34.1 Å². The Morgan fingerprint density at radius 1 is 1.21 bits per heavy atom. The first-order valence-corrected chi connectivity index (χ1v) is 10.6. The van der Waals surface area contributed by atoms with Crippen molar-refractivity contribution < 1.29 is 14.0 Å². The summed E-state index contributed by atoms with van der Waals surface area (Å²) < 4.78 is 14.1. The third-order valence-electron chi connectivity index (χ3n) is 5.96. The van der Waals surface area contributed by atoms with E-state index >= 15 is 0 Å². The Hall–Kier alpha value is -1.82. The van der Waals surface area contributed by atoms with Gasteiger partial charge in [0, 0.05) is 42.2 Å². The fraction of sp³-hybridized carbons (Fsp3) is 0.619. The highest BCUT2D eigenvalue weighted by Gasteiger charge is 2.41. The van der Waals surface area contributed by atoms with Gasteiger partial charge in [0.05, 0.1) is 6.04 Å². The van der Waals surface area contributed by atoms with Crippen molar-refractivity contribution in [2.24, 2.45) is 5.92 Å². The summed E-state index contributed by atoms with van der Waals surface area (Å²) in [5.41, 5.74) is 1.22. The van der Waals surface area contributed by atoms with E-state index in [1.165, 1.54) is 6.07 Å². The van der Waals surface area contributed by atoms with Crippen molar-refractivity contribution in [2.75, 3.05) is 13.1 Å². The van der Waals surface area contributed by atoms with E-state index in [0.29, 0.717) is 17.1 Å². The number of nitrogens with zero attached hydrogens (tertiary/aromatic N) is 2. The van der Waals surface area contributed by atoms with Gasteiger partial charge in [0.25, 0.3) is 0 Å². The van der Waals surface area contributed by atoms with E-state index in [-0.39, 0.29) is 36.5 Å². The second-order valence-corrected chi connectivity index (χ2v) is 8.75. The summed E-state index contributed by atoms with van der Waals surface area (Å²) in [7, 11) is 0. The molecule has 0 bridgehead atoms. The summed E-state index contributed by atoms with van der Waals surface area (Å²) >= 11 is 5.95. The quantitative estimate of drug-likeness (QED) is 0.805. The van der Waals surface area contributed by atoms with Crippen molar-refractivity contribution in [1.29, 1.82) is 0 Å². The Balaban J connectivity index is 1.40. The van der Waals surface area contributed by atoms with E-state index in [4.69, 9.17) is 11.6 Å². The molecule has 1 atom stereocenters. The predicted molar refractivity (Wildman–Crippen MR) is 106 cm³/mol. The minimum Gasteiger partial charge on any atom is -0.340 e. The smallest absolute Gasteiger partial charge is 0.318 e. The van der Waals surface area contributed by atoms with Crippen LogP contribution in [0.3, 0.4) is 0 Å². The average Bonchev–Trinajstić information content (AvgIpc) is 3.56. The van der Waals surface area contributed by atoms with Crippen LogP contribution < -0.4 is 5.32 Å². The van der Waals surface area contributed by atoms with Gasteiger partial charge in [-0.3, -0.25) is 4.79 Å². The SMILES string of the molecule is Cc1cc(CNC(=O)N(C2CC2)[C@@H]2CCCN(C(=O)C3CC3)C2)c(F)cc1Cl. The van der Waals surface area contributed by atoms with E-state index in [1.54, 1.807) is 6.07 Å². The van der Waals surface area contributed by atoms with Crippen LogP contribution in [-0.2, 0) is 11.3 Å². The molecule has 1 aromatic rings. The molecule has 1 aromatic carbocycles. The molecule has 5 nitrogen and oxygen atoms in total. The number of hydrogen-bond acceptors (Lipinski definition) is 2. The summed E-state index contributed by atoms with van der Waals surface area (Å²) in [6.45, 7) is 3.36. The zero-order chi connectivity index (χ0) is 19.8. The molecule has 28 heavy (non-hydrogen) atoms. The molecular weight excluding hydrogens is 381 g/mol. The van der Waals surface area contributed by atoms with Gasteiger partial charge in [-0.15, -0.1) is 0 Å². The molecule has 7 heteroatoms. The molecule has 0 spiro atoms. The van der Waals surface area contributed by atoms with Gasteiger partial charge in [-0.05, 0) is 63.1 Å². The molecule has 0 radical (unpaired) electrons. The molecule has 1 N–H and O–H groups in total. The molecule has 0 aromatic heterocycles. The van der Waals surface area contributed by atoms with Crippen LogP contribution in [0.4, 0.5) is 9.18 Å². The average molecular weight is 408 g/mol. The van der Waals surface area contributed by atoms with Gasteiger partial charge in [-0.2, -0.15) is 0 Å². The summed E-state index contributed by atoms with van der Waals surface area (Å²) in [5, 5.41) is 3.27. The minimum atomic E-state index is -0.409. The van der Waals surface area contributed by atoms with Crippen LogP contribution in [0.2, 0.25) is 5.02 Å². The first kappa shape index (κ1) is 19.5. The number of urea groups is 1. The normalized spacial score (nSPS) is 22.1. The second kappa shape index (κ2) is 7.90. The Bertz CT molecular complexity index is 779. The zero-order valence-electron chi connectivity index (χ0n) is 16.2.